The van der Waals surface area contributed by atoms with Gasteiger partial charge in [-0.3, -0.25) is 0 Å². The lowest BCUT2D eigenvalue weighted by Crippen LogP contribution is -2.45. The van der Waals surface area contributed by atoms with Gasteiger partial charge in [0.2, 0.25) is 0 Å². The van der Waals surface area contributed by atoms with E-state index in [1.807, 2.05) is 6.92 Å². The van der Waals surface area contributed by atoms with Gasteiger partial charge in [0.05, 0.1) is 0 Å². The topological polar surface area (TPSA) is 58.3 Å². The first kappa shape index (κ1) is 14.1. The first-order chi connectivity index (χ1) is 8.79. The van der Waals surface area contributed by atoms with Gasteiger partial charge in [0.15, 0.2) is 0 Å². The van der Waals surface area contributed by atoms with Gasteiger partial charge in [-0.05, 0) is 14.0 Å². The number of nitrogens with zero attached hydrogens (tertiary/aromatic N) is 4. The molecule has 0 unspecified atom stereocenters. The quantitative estimate of drug-likeness (QED) is 0.830. The smallest absolute Gasteiger partial charge is 0.138 e. The van der Waals surface area contributed by atoms with Crippen LogP contribution in [0.25, 0.3) is 0 Å². The molecule has 2 N–H and O–H groups in total. The van der Waals surface area contributed by atoms with Gasteiger partial charge in [-0.2, -0.15) is 0 Å². The zero-order chi connectivity index (χ0) is 14.2. The van der Waals surface area contributed by atoms with E-state index in [2.05, 4.69) is 42.6 Å². The van der Waals surface area contributed by atoms with Crippen molar-refractivity contribution in [2.45, 2.75) is 33.1 Å². The van der Waals surface area contributed by atoms with E-state index in [9.17, 15) is 0 Å². The predicted octanol–water partition coefficient (Wildman–Crippen LogP) is 1.42. The SMILES string of the molecule is Cc1c(N)nc(C(C)(C)C)nc1N1CCN(C)CC1. The molecule has 2 rings (SSSR count). The van der Waals surface area contributed by atoms with E-state index in [0.717, 1.165) is 43.4 Å². The van der Waals surface area contributed by atoms with Crippen LogP contribution in [0.3, 0.4) is 0 Å². The van der Waals surface area contributed by atoms with Crippen molar-refractivity contribution in [3.8, 4) is 0 Å². The Bertz CT molecular complexity index is 456. The van der Waals surface area contributed by atoms with Gasteiger partial charge in [-0.25, -0.2) is 9.97 Å². The van der Waals surface area contributed by atoms with Gasteiger partial charge in [0, 0.05) is 37.2 Å². The Labute approximate surface area is 115 Å². The molecule has 0 spiro atoms. The monoisotopic (exact) mass is 263 g/mol. The van der Waals surface area contributed by atoms with Crippen LogP contribution in [0.5, 0.6) is 0 Å². The van der Waals surface area contributed by atoms with E-state index in [1.54, 1.807) is 0 Å². The molecule has 0 amide bonds. The van der Waals surface area contributed by atoms with Crippen LogP contribution in [0.2, 0.25) is 0 Å². The van der Waals surface area contributed by atoms with Crippen molar-refractivity contribution in [1.29, 1.82) is 0 Å². The fourth-order valence-corrected chi connectivity index (χ4v) is 2.18. The van der Waals surface area contributed by atoms with Crippen molar-refractivity contribution in [1.82, 2.24) is 14.9 Å². The molecule has 1 saturated heterocycles. The molecule has 5 nitrogen and oxygen atoms in total. The zero-order valence-corrected chi connectivity index (χ0v) is 12.7. The number of anilines is 2. The van der Waals surface area contributed by atoms with Crippen LogP contribution in [-0.2, 0) is 5.41 Å². The maximum absolute atomic E-state index is 6.06. The summed E-state index contributed by atoms with van der Waals surface area (Å²) in [5.74, 6) is 2.43. The first-order valence-corrected chi connectivity index (χ1v) is 6.87. The molecule has 1 aromatic rings. The lowest BCUT2D eigenvalue weighted by Gasteiger charge is -2.34. The highest BCUT2D eigenvalue weighted by Crippen LogP contribution is 2.27. The molecule has 1 fully saturated rings. The fraction of sp³-hybridized carbons (Fsp3) is 0.714. The number of hydrogen-bond donors (Lipinski definition) is 1. The van der Waals surface area contributed by atoms with Crippen molar-refractivity contribution in [2.75, 3.05) is 43.9 Å². The van der Waals surface area contributed by atoms with E-state index in [-0.39, 0.29) is 5.41 Å². The Morgan fingerprint density at radius 1 is 1.05 bits per heavy atom. The number of likely N-dealkylation sites (N-methyl/N-ethyl adjacent to an activating group) is 1. The molecule has 1 aromatic heterocycles. The van der Waals surface area contributed by atoms with Crippen molar-refractivity contribution in [3.63, 3.8) is 0 Å². The van der Waals surface area contributed by atoms with Crippen LogP contribution in [0, 0.1) is 6.92 Å². The van der Waals surface area contributed by atoms with E-state index >= 15 is 0 Å². The second-order valence-electron chi connectivity index (χ2n) is 6.42. The standard InChI is InChI=1S/C14H25N5/c1-10-11(15)16-13(14(2,3)4)17-12(10)19-8-6-18(5)7-9-19/h6-9H2,1-5H3,(H2,15,16,17). The second kappa shape index (κ2) is 4.96. The number of nitrogens with two attached hydrogens (primary N) is 1. The van der Waals surface area contributed by atoms with Gasteiger partial charge in [0.25, 0.3) is 0 Å². The minimum atomic E-state index is -0.0802. The summed E-state index contributed by atoms with van der Waals surface area (Å²) < 4.78 is 0. The first-order valence-electron chi connectivity index (χ1n) is 6.87. The number of nitrogen functional groups attached to an aromatic ring is 1. The molecule has 0 saturated carbocycles. The largest absolute Gasteiger partial charge is 0.383 e. The van der Waals surface area contributed by atoms with E-state index < -0.39 is 0 Å². The molecule has 1 aliphatic rings. The van der Waals surface area contributed by atoms with Gasteiger partial charge < -0.3 is 15.5 Å². The van der Waals surface area contributed by atoms with Gasteiger partial charge in [0.1, 0.15) is 17.5 Å². The third-order valence-electron chi connectivity index (χ3n) is 3.63. The summed E-state index contributed by atoms with van der Waals surface area (Å²) in [6.07, 6.45) is 0. The Hall–Kier alpha value is -1.36. The highest BCUT2D eigenvalue weighted by molar-refractivity contribution is 5.57. The number of aromatic nitrogens is 2. The molecule has 19 heavy (non-hydrogen) atoms. The summed E-state index contributed by atoms with van der Waals surface area (Å²) in [5.41, 5.74) is 6.98. The Morgan fingerprint density at radius 3 is 2.16 bits per heavy atom. The van der Waals surface area contributed by atoms with Crippen LogP contribution in [0.4, 0.5) is 11.6 Å². The number of rotatable bonds is 1. The molecule has 5 heteroatoms. The Kier molecular flexibility index (Phi) is 3.67. The minimum absolute atomic E-state index is 0.0802. The van der Waals surface area contributed by atoms with E-state index in [1.165, 1.54) is 0 Å². The summed E-state index contributed by atoms with van der Waals surface area (Å²) in [4.78, 5) is 13.9. The Balaban J connectivity index is 2.36. The zero-order valence-electron chi connectivity index (χ0n) is 12.7. The number of piperazine rings is 1. The minimum Gasteiger partial charge on any atom is -0.383 e. The molecule has 2 heterocycles. The van der Waals surface area contributed by atoms with Gasteiger partial charge in [-0.15, -0.1) is 0 Å². The van der Waals surface area contributed by atoms with Crippen LogP contribution < -0.4 is 10.6 Å². The summed E-state index contributed by atoms with van der Waals surface area (Å²) >= 11 is 0. The molecule has 0 radical (unpaired) electrons. The third-order valence-corrected chi connectivity index (χ3v) is 3.63. The normalized spacial score (nSPS) is 17.8. The average Bonchev–Trinajstić information content (AvgIpc) is 2.32. The van der Waals surface area contributed by atoms with Crippen molar-refractivity contribution in [2.24, 2.45) is 0 Å². The van der Waals surface area contributed by atoms with E-state index in [0.29, 0.717) is 5.82 Å². The van der Waals surface area contributed by atoms with Crippen LogP contribution in [0.1, 0.15) is 32.2 Å². The molecule has 0 aliphatic carbocycles. The highest BCUT2D eigenvalue weighted by Gasteiger charge is 2.24. The summed E-state index contributed by atoms with van der Waals surface area (Å²) in [6.45, 7) is 12.5. The molecular formula is C14H25N5. The van der Waals surface area contributed by atoms with Crippen LogP contribution >= 0.6 is 0 Å². The predicted molar refractivity (Wildman–Crippen MR) is 79.6 cm³/mol. The molecule has 106 valence electrons. The fourth-order valence-electron chi connectivity index (χ4n) is 2.18. The summed E-state index contributed by atoms with van der Waals surface area (Å²) in [7, 11) is 2.15. The van der Waals surface area contributed by atoms with Crippen molar-refractivity contribution >= 4 is 11.6 Å². The van der Waals surface area contributed by atoms with Crippen molar-refractivity contribution in [3.05, 3.63) is 11.4 Å². The molecule has 0 bridgehead atoms. The second-order valence-corrected chi connectivity index (χ2v) is 6.42. The van der Waals surface area contributed by atoms with E-state index in [4.69, 9.17) is 10.7 Å². The Morgan fingerprint density at radius 2 is 1.63 bits per heavy atom. The highest BCUT2D eigenvalue weighted by atomic mass is 15.3. The molecule has 0 atom stereocenters. The third kappa shape index (κ3) is 2.97. The number of hydrogen-bond acceptors (Lipinski definition) is 5. The summed E-state index contributed by atoms with van der Waals surface area (Å²) in [5, 5.41) is 0. The van der Waals surface area contributed by atoms with Crippen LogP contribution in [0.15, 0.2) is 0 Å². The molecule has 1 aliphatic heterocycles. The molecule has 0 aromatic carbocycles. The maximum atomic E-state index is 6.06. The van der Waals surface area contributed by atoms with Crippen LogP contribution in [-0.4, -0.2) is 48.1 Å². The maximum Gasteiger partial charge on any atom is 0.138 e. The van der Waals surface area contributed by atoms with Gasteiger partial charge in [-0.1, -0.05) is 20.8 Å². The lowest BCUT2D eigenvalue weighted by atomic mass is 9.95. The summed E-state index contributed by atoms with van der Waals surface area (Å²) in [6, 6.07) is 0. The molecular weight excluding hydrogens is 238 g/mol. The van der Waals surface area contributed by atoms with Gasteiger partial charge >= 0.3 is 0 Å². The average molecular weight is 263 g/mol. The van der Waals surface area contributed by atoms with Crippen molar-refractivity contribution < 1.29 is 0 Å². The lowest BCUT2D eigenvalue weighted by molar-refractivity contribution is 0.311.